The number of ketones is 1. The summed E-state index contributed by atoms with van der Waals surface area (Å²) in [6, 6.07) is 8.88. The molecule has 0 N–H and O–H groups in total. The predicted octanol–water partition coefficient (Wildman–Crippen LogP) is 8.41. The van der Waals surface area contributed by atoms with Crippen molar-refractivity contribution in [1.82, 2.24) is 0 Å². The van der Waals surface area contributed by atoms with Gasteiger partial charge in [0.15, 0.2) is 5.78 Å². The summed E-state index contributed by atoms with van der Waals surface area (Å²) < 4.78 is 10.1. The molecule has 0 fully saturated rings. The molecule has 31 heavy (non-hydrogen) atoms. The van der Waals surface area contributed by atoms with Crippen LogP contribution in [-0.2, 0) is 9.47 Å². The minimum absolute atomic E-state index is 0.196. The van der Waals surface area contributed by atoms with Crippen LogP contribution in [-0.4, -0.2) is 18.5 Å². The molecule has 0 saturated carbocycles. The molecule has 0 aliphatic carbocycles. The van der Waals surface area contributed by atoms with E-state index >= 15 is 0 Å². The van der Waals surface area contributed by atoms with E-state index in [0.29, 0.717) is 12.2 Å². The van der Waals surface area contributed by atoms with Gasteiger partial charge in [-0.2, -0.15) is 0 Å². The molecule has 0 amide bonds. The molecular weight excluding hydrogens is 388 g/mol. The Balaban J connectivity index is 1.93. The maximum Gasteiger partial charge on any atom is 0.513 e. The highest BCUT2D eigenvalue weighted by Crippen LogP contribution is 2.13. The summed E-state index contributed by atoms with van der Waals surface area (Å²) in [6.07, 6.45) is 18.6. The zero-order valence-electron chi connectivity index (χ0n) is 19.7. The third kappa shape index (κ3) is 15.4. The first-order valence-corrected chi connectivity index (χ1v) is 12.3. The van der Waals surface area contributed by atoms with Gasteiger partial charge in [0.05, 0.1) is 6.61 Å². The summed E-state index contributed by atoms with van der Waals surface area (Å²) >= 11 is 0. The summed E-state index contributed by atoms with van der Waals surface area (Å²) in [5.74, 6) is 0.0395. The summed E-state index contributed by atoms with van der Waals surface area (Å²) in [6.45, 7) is 4.20. The first kappa shape index (κ1) is 26.9. The first-order chi connectivity index (χ1) is 15.1. The van der Waals surface area contributed by atoms with Gasteiger partial charge in [0.1, 0.15) is 5.76 Å². The van der Waals surface area contributed by atoms with Gasteiger partial charge >= 0.3 is 6.16 Å². The van der Waals surface area contributed by atoms with Gasteiger partial charge in [-0.1, -0.05) is 121 Å². The van der Waals surface area contributed by atoms with E-state index in [9.17, 15) is 9.59 Å². The molecule has 1 aromatic carbocycles. The van der Waals surface area contributed by atoms with E-state index in [0.717, 1.165) is 12.8 Å². The second-order valence-electron chi connectivity index (χ2n) is 8.28. The molecule has 4 nitrogen and oxygen atoms in total. The van der Waals surface area contributed by atoms with E-state index in [-0.39, 0.29) is 11.5 Å². The Morgan fingerprint density at radius 1 is 0.742 bits per heavy atom. The van der Waals surface area contributed by atoms with Crippen LogP contribution in [0.1, 0.15) is 114 Å². The van der Waals surface area contributed by atoms with Crippen LogP contribution in [0.2, 0.25) is 0 Å². The Kier molecular flexibility index (Phi) is 16.2. The van der Waals surface area contributed by atoms with Crippen molar-refractivity contribution in [3.8, 4) is 0 Å². The molecule has 1 rings (SSSR count). The highest BCUT2D eigenvalue weighted by molar-refractivity contribution is 6.04. The molecular formula is C27H42O4. The van der Waals surface area contributed by atoms with Crippen molar-refractivity contribution in [2.45, 2.75) is 104 Å². The van der Waals surface area contributed by atoms with Crippen molar-refractivity contribution < 1.29 is 19.1 Å². The number of rotatable bonds is 18. The number of ether oxygens (including phenoxy) is 2. The molecule has 0 aliphatic heterocycles. The molecule has 0 aliphatic rings. The van der Waals surface area contributed by atoms with Gasteiger partial charge in [-0.3, -0.25) is 4.79 Å². The number of benzene rings is 1. The van der Waals surface area contributed by atoms with Gasteiger partial charge in [-0.15, -0.1) is 0 Å². The molecule has 0 atom stereocenters. The Bertz CT molecular complexity index is 621. The van der Waals surface area contributed by atoms with E-state index in [4.69, 9.17) is 9.47 Å². The lowest BCUT2D eigenvalue weighted by Gasteiger charge is -2.06. The Hall–Kier alpha value is -2.10. The minimum Gasteiger partial charge on any atom is -0.434 e. The topological polar surface area (TPSA) is 52.6 Å². The normalized spacial score (nSPS) is 11.4. The standard InChI is InChI=1S/C27H42O4/c1-3-4-5-6-7-8-9-10-11-12-13-14-15-19-22-30-27(29)31-24(2)23-26(28)25-20-17-16-18-21-25/h16-18,20-21,23H,3-15,19,22H2,1-2H3. The lowest BCUT2D eigenvalue weighted by Crippen LogP contribution is -2.08. The second kappa shape index (κ2) is 18.7. The monoisotopic (exact) mass is 430 g/mol. The van der Waals surface area contributed by atoms with Crippen LogP contribution in [0, 0.1) is 0 Å². The summed E-state index contributed by atoms with van der Waals surface area (Å²) in [5, 5.41) is 0. The summed E-state index contributed by atoms with van der Waals surface area (Å²) in [7, 11) is 0. The zero-order valence-corrected chi connectivity index (χ0v) is 19.7. The highest BCUT2D eigenvalue weighted by atomic mass is 16.7. The fourth-order valence-corrected chi connectivity index (χ4v) is 3.51. The van der Waals surface area contributed by atoms with Crippen molar-refractivity contribution >= 4 is 11.9 Å². The van der Waals surface area contributed by atoms with Gasteiger partial charge in [0, 0.05) is 11.6 Å². The van der Waals surface area contributed by atoms with Crippen molar-refractivity contribution in [3.05, 3.63) is 47.7 Å². The lowest BCUT2D eigenvalue weighted by molar-refractivity contribution is 0.0755. The van der Waals surface area contributed by atoms with Crippen molar-refractivity contribution in [2.75, 3.05) is 6.61 Å². The first-order valence-electron chi connectivity index (χ1n) is 12.3. The molecule has 0 aromatic heterocycles. The van der Waals surface area contributed by atoms with Crippen LogP contribution in [0.5, 0.6) is 0 Å². The Morgan fingerprint density at radius 2 is 1.23 bits per heavy atom. The van der Waals surface area contributed by atoms with Crippen molar-refractivity contribution in [3.63, 3.8) is 0 Å². The molecule has 0 unspecified atom stereocenters. The molecule has 1 aromatic rings. The van der Waals surface area contributed by atoms with E-state index in [1.54, 1.807) is 31.2 Å². The second-order valence-corrected chi connectivity index (χ2v) is 8.28. The Labute approximate surface area is 189 Å². The number of carbonyl (C=O) groups excluding carboxylic acids is 2. The molecule has 0 heterocycles. The van der Waals surface area contributed by atoms with Gasteiger partial charge in [-0.05, 0) is 13.3 Å². The van der Waals surface area contributed by atoms with Crippen LogP contribution in [0.4, 0.5) is 4.79 Å². The minimum atomic E-state index is -0.746. The number of unbranched alkanes of at least 4 members (excludes halogenated alkanes) is 13. The molecule has 174 valence electrons. The van der Waals surface area contributed by atoms with Gasteiger partial charge in [-0.25, -0.2) is 4.79 Å². The summed E-state index contributed by atoms with van der Waals surface area (Å²) in [5.41, 5.74) is 0.557. The number of hydrogen-bond acceptors (Lipinski definition) is 4. The average Bonchev–Trinajstić information content (AvgIpc) is 2.77. The largest absolute Gasteiger partial charge is 0.513 e. The SMILES string of the molecule is CCCCCCCCCCCCCCCCOC(=O)OC(C)=CC(=O)c1ccccc1. The molecule has 0 bridgehead atoms. The summed E-state index contributed by atoms with van der Waals surface area (Å²) in [4.78, 5) is 23.7. The third-order valence-corrected chi connectivity index (χ3v) is 5.35. The van der Waals surface area contributed by atoms with E-state index in [1.165, 1.54) is 83.1 Å². The molecule has 4 heteroatoms. The van der Waals surface area contributed by atoms with Crippen LogP contribution < -0.4 is 0 Å². The van der Waals surface area contributed by atoms with Crippen LogP contribution in [0.15, 0.2) is 42.2 Å². The predicted molar refractivity (Wildman–Crippen MR) is 127 cm³/mol. The van der Waals surface area contributed by atoms with Crippen LogP contribution in [0.25, 0.3) is 0 Å². The molecule has 0 radical (unpaired) electrons. The molecule has 0 saturated heterocycles. The molecule has 0 spiro atoms. The van der Waals surface area contributed by atoms with Gasteiger partial charge < -0.3 is 9.47 Å². The maximum absolute atomic E-state index is 12.0. The highest BCUT2D eigenvalue weighted by Gasteiger charge is 2.08. The number of carbonyl (C=O) groups is 2. The van der Waals surface area contributed by atoms with Crippen LogP contribution in [0.3, 0.4) is 0 Å². The number of hydrogen-bond donors (Lipinski definition) is 0. The van der Waals surface area contributed by atoms with Crippen molar-refractivity contribution in [1.29, 1.82) is 0 Å². The fourth-order valence-electron chi connectivity index (χ4n) is 3.51. The van der Waals surface area contributed by atoms with Crippen LogP contribution >= 0.6 is 0 Å². The van der Waals surface area contributed by atoms with Crippen molar-refractivity contribution in [2.24, 2.45) is 0 Å². The quantitative estimate of drug-likeness (QED) is 0.0771. The average molecular weight is 431 g/mol. The smallest absolute Gasteiger partial charge is 0.434 e. The van der Waals surface area contributed by atoms with Gasteiger partial charge in [0.25, 0.3) is 0 Å². The maximum atomic E-state index is 12.0. The van der Waals surface area contributed by atoms with Gasteiger partial charge in [0.2, 0.25) is 0 Å². The number of allylic oxidation sites excluding steroid dienone is 2. The lowest BCUT2D eigenvalue weighted by atomic mass is 10.0. The Morgan fingerprint density at radius 3 is 1.74 bits per heavy atom. The van der Waals surface area contributed by atoms with E-state index in [2.05, 4.69) is 6.92 Å². The zero-order chi connectivity index (χ0) is 22.6. The third-order valence-electron chi connectivity index (χ3n) is 5.35. The van der Waals surface area contributed by atoms with E-state index in [1.807, 2.05) is 6.07 Å². The van der Waals surface area contributed by atoms with E-state index < -0.39 is 6.16 Å². The fraction of sp³-hybridized carbons (Fsp3) is 0.630.